The first-order chi connectivity index (χ1) is 9.76. The fraction of sp³-hybridized carbons (Fsp3) is 0.417. The fourth-order valence-corrected chi connectivity index (χ4v) is 3.18. The molecule has 0 bridgehead atoms. The number of hydrogen-bond acceptors (Lipinski definition) is 6. The third kappa shape index (κ3) is 4.19. The van der Waals surface area contributed by atoms with Gasteiger partial charge in [0, 0.05) is 12.6 Å². The summed E-state index contributed by atoms with van der Waals surface area (Å²) in [6.45, 7) is 4.10. The summed E-state index contributed by atoms with van der Waals surface area (Å²) in [6.07, 6.45) is 1.07. The monoisotopic (exact) mass is 328 g/mol. The molecule has 0 fully saturated rings. The van der Waals surface area contributed by atoms with Crippen LogP contribution >= 0.6 is 11.3 Å². The van der Waals surface area contributed by atoms with E-state index in [1.165, 1.54) is 22.1 Å². The van der Waals surface area contributed by atoms with Crippen molar-refractivity contribution in [2.24, 2.45) is 0 Å². The van der Waals surface area contributed by atoms with Crippen LogP contribution in [0.3, 0.4) is 0 Å². The number of aromatic nitrogens is 3. The highest BCUT2D eigenvalue weighted by Gasteiger charge is 2.10. The first-order valence-electron chi connectivity index (χ1n) is 6.23. The maximum atomic E-state index is 11.8. The van der Waals surface area contributed by atoms with Gasteiger partial charge in [0.25, 0.3) is 5.56 Å². The second kappa shape index (κ2) is 6.04. The van der Waals surface area contributed by atoms with Crippen molar-refractivity contribution in [2.45, 2.75) is 20.4 Å². The smallest absolute Gasteiger partial charge is 0.266 e. The van der Waals surface area contributed by atoms with E-state index in [1.807, 2.05) is 13.8 Å². The first kappa shape index (κ1) is 15.8. The summed E-state index contributed by atoms with van der Waals surface area (Å²) < 4.78 is 25.6. The van der Waals surface area contributed by atoms with Crippen molar-refractivity contribution in [2.75, 3.05) is 12.8 Å². The van der Waals surface area contributed by atoms with Crippen LogP contribution in [0.4, 0.5) is 0 Å². The van der Waals surface area contributed by atoms with Crippen molar-refractivity contribution < 1.29 is 8.42 Å². The summed E-state index contributed by atoms with van der Waals surface area (Å²) in [5.41, 5.74) is 1.26. The van der Waals surface area contributed by atoms with E-state index in [-0.39, 0.29) is 18.6 Å². The molecule has 0 saturated heterocycles. The van der Waals surface area contributed by atoms with Crippen molar-refractivity contribution in [1.82, 2.24) is 19.5 Å². The Morgan fingerprint density at radius 1 is 1.33 bits per heavy atom. The van der Waals surface area contributed by atoms with E-state index in [1.54, 1.807) is 6.07 Å². The standard InChI is InChI=1S/C12H16N4O3S2/c1-8-12(20-9(2)14-8)10-4-5-11(17)16(15-10)7-6-13-21(3,18)19/h4-5,13H,6-7H2,1-3H3. The highest BCUT2D eigenvalue weighted by atomic mass is 32.2. The lowest BCUT2D eigenvalue weighted by atomic mass is 10.3. The molecule has 0 aliphatic rings. The van der Waals surface area contributed by atoms with E-state index in [0.717, 1.165) is 21.8 Å². The van der Waals surface area contributed by atoms with E-state index in [4.69, 9.17) is 0 Å². The normalized spacial score (nSPS) is 11.8. The van der Waals surface area contributed by atoms with Crippen LogP contribution in [0.2, 0.25) is 0 Å². The van der Waals surface area contributed by atoms with Crippen molar-refractivity contribution in [3.8, 4) is 10.6 Å². The van der Waals surface area contributed by atoms with Crippen LogP contribution in [0.15, 0.2) is 16.9 Å². The van der Waals surface area contributed by atoms with E-state index in [0.29, 0.717) is 5.69 Å². The molecule has 0 aliphatic carbocycles. The van der Waals surface area contributed by atoms with E-state index in [9.17, 15) is 13.2 Å². The zero-order chi connectivity index (χ0) is 15.6. The van der Waals surface area contributed by atoms with Gasteiger partial charge in [-0.05, 0) is 19.9 Å². The summed E-state index contributed by atoms with van der Waals surface area (Å²) in [4.78, 5) is 17.0. The van der Waals surface area contributed by atoms with Gasteiger partial charge in [0.15, 0.2) is 0 Å². The molecule has 114 valence electrons. The number of nitrogens with zero attached hydrogens (tertiary/aromatic N) is 3. The van der Waals surface area contributed by atoms with Crippen LogP contribution in [0.1, 0.15) is 10.7 Å². The van der Waals surface area contributed by atoms with E-state index in [2.05, 4.69) is 14.8 Å². The van der Waals surface area contributed by atoms with Gasteiger partial charge in [0.05, 0.1) is 28.4 Å². The fourth-order valence-electron chi connectivity index (χ4n) is 1.84. The highest BCUT2D eigenvalue weighted by Crippen LogP contribution is 2.27. The Hall–Kier alpha value is -1.58. The van der Waals surface area contributed by atoms with Gasteiger partial charge in [-0.2, -0.15) is 5.10 Å². The molecule has 1 N–H and O–H groups in total. The van der Waals surface area contributed by atoms with Gasteiger partial charge in [-0.1, -0.05) is 0 Å². The summed E-state index contributed by atoms with van der Waals surface area (Å²) in [7, 11) is -3.27. The molecule has 21 heavy (non-hydrogen) atoms. The number of thiazole rings is 1. The predicted molar refractivity (Wildman–Crippen MR) is 81.9 cm³/mol. The lowest BCUT2D eigenvalue weighted by molar-refractivity contribution is 0.552. The van der Waals surface area contributed by atoms with Crippen LogP contribution < -0.4 is 10.3 Å². The first-order valence-corrected chi connectivity index (χ1v) is 8.94. The zero-order valence-corrected chi connectivity index (χ0v) is 13.6. The molecule has 2 aromatic rings. The van der Waals surface area contributed by atoms with E-state index >= 15 is 0 Å². The molecule has 0 atom stereocenters. The zero-order valence-electron chi connectivity index (χ0n) is 12.0. The molecular weight excluding hydrogens is 312 g/mol. The van der Waals surface area contributed by atoms with Crippen molar-refractivity contribution in [3.05, 3.63) is 33.2 Å². The molecule has 0 unspecified atom stereocenters. The maximum absolute atomic E-state index is 11.8. The lowest BCUT2D eigenvalue weighted by Gasteiger charge is -2.06. The lowest BCUT2D eigenvalue weighted by Crippen LogP contribution is -2.31. The predicted octanol–water partition coefficient (Wildman–Crippen LogP) is 0.533. The molecule has 0 aromatic carbocycles. The molecule has 9 heteroatoms. The SMILES string of the molecule is Cc1nc(C)c(-c2ccc(=O)n(CCNS(C)(=O)=O)n2)s1. The summed E-state index contributed by atoms with van der Waals surface area (Å²) in [5, 5.41) is 5.21. The topological polar surface area (TPSA) is 94.0 Å². The van der Waals surface area contributed by atoms with Crippen molar-refractivity contribution >= 4 is 21.4 Å². The van der Waals surface area contributed by atoms with Gasteiger partial charge in [-0.25, -0.2) is 22.8 Å². The van der Waals surface area contributed by atoms with E-state index < -0.39 is 10.0 Å². The van der Waals surface area contributed by atoms with Gasteiger partial charge in [0.1, 0.15) is 5.69 Å². The summed E-state index contributed by atoms with van der Waals surface area (Å²) >= 11 is 1.51. The van der Waals surface area contributed by atoms with Gasteiger partial charge < -0.3 is 0 Å². The number of rotatable bonds is 5. The van der Waals surface area contributed by atoms with Crippen LogP contribution in [0.5, 0.6) is 0 Å². The minimum atomic E-state index is -3.27. The van der Waals surface area contributed by atoms with Crippen molar-refractivity contribution in [1.29, 1.82) is 0 Å². The Morgan fingerprint density at radius 2 is 2.05 bits per heavy atom. The molecule has 2 rings (SSSR count). The van der Waals surface area contributed by atoms with Gasteiger partial charge in [0.2, 0.25) is 10.0 Å². The van der Waals surface area contributed by atoms with Crippen LogP contribution in [0.25, 0.3) is 10.6 Å². The molecule has 0 saturated carbocycles. The molecule has 2 aromatic heterocycles. The number of hydrogen-bond donors (Lipinski definition) is 1. The van der Waals surface area contributed by atoms with Gasteiger partial charge in [-0.15, -0.1) is 11.3 Å². The highest BCUT2D eigenvalue weighted by molar-refractivity contribution is 7.88. The quantitative estimate of drug-likeness (QED) is 0.864. The van der Waals surface area contributed by atoms with Crippen molar-refractivity contribution in [3.63, 3.8) is 0 Å². The molecule has 7 nitrogen and oxygen atoms in total. The minimum Gasteiger partial charge on any atom is -0.268 e. The molecule has 0 aliphatic heterocycles. The summed E-state index contributed by atoms with van der Waals surface area (Å²) in [6, 6.07) is 3.08. The average molecular weight is 328 g/mol. The number of nitrogens with one attached hydrogen (secondary N) is 1. The third-order valence-electron chi connectivity index (χ3n) is 2.69. The third-order valence-corrected chi connectivity index (χ3v) is 4.51. The average Bonchev–Trinajstić information content (AvgIpc) is 2.69. The Labute approximate surface area is 126 Å². The molecule has 0 amide bonds. The Kier molecular flexibility index (Phi) is 4.55. The molecule has 2 heterocycles. The minimum absolute atomic E-state index is 0.121. The largest absolute Gasteiger partial charge is 0.268 e. The van der Waals surface area contributed by atoms with Crippen LogP contribution in [-0.4, -0.2) is 36.0 Å². The molecule has 0 spiro atoms. The summed E-state index contributed by atoms with van der Waals surface area (Å²) in [5.74, 6) is 0. The Balaban J connectivity index is 2.25. The molecular formula is C12H16N4O3S2. The number of sulfonamides is 1. The Morgan fingerprint density at radius 3 is 2.62 bits per heavy atom. The maximum Gasteiger partial charge on any atom is 0.266 e. The van der Waals surface area contributed by atoms with Gasteiger partial charge >= 0.3 is 0 Å². The Bertz CT molecular complexity index is 808. The molecule has 0 radical (unpaired) electrons. The number of aryl methyl sites for hydroxylation is 2. The van der Waals surface area contributed by atoms with Crippen LogP contribution in [-0.2, 0) is 16.6 Å². The van der Waals surface area contributed by atoms with Gasteiger partial charge in [-0.3, -0.25) is 4.79 Å². The second-order valence-corrected chi connectivity index (χ2v) is 7.63. The second-order valence-electron chi connectivity index (χ2n) is 4.59. The van der Waals surface area contributed by atoms with Crippen LogP contribution in [0, 0.1) is 13.8 Å².